The van der Waals surface area contributed by atoms with Gasteiger partial charge in [0.05, 0.1) is 0 Å². The van der Waals surface area contributed by atoms with Gasteiger partial charge in [0.25, 0.3) is 5.91 Å². The zero-order chi connectivity index (χ0) is 15.0. The smallest absolute Gasteiger partial charge is 0.339 e. The maximum absolute atomic E-state index is 11.8. The number of carbonyl (C=O) groups is 2. The molecule has 0 fully saturated rings. The topological polar surface area (TPSA) is 84.9 Å². The van der Waals surface area contributed by atoms with Crippen molar-refractivity contribution >= 4 is 11.9 Å². The van der Waals surface area contributed by atoms with Crippen LogP contribution in [0.25, 0.3) is 0 Å². The van der Waals surface area contributed by atoms with Crippen molar-refractivity contribution in [1.82, 2.24) is 5.32 Å². The molecule has 0 saturated carbocycles. The third-order valence-electron chi connectivity index (χ3n) is 2.61. The molecule has 0 heterocycles. The lowest BCUT2D eigenvalue weighted by Crippen LogP contribution is -2.37. The maximum atomic E-state index is 11.8. The molecule has 0 spiro atoms. The maximum Gasteiger partial charge on any atom is 0.339 e. The van der Waals surface area contributed by atoms with Crippen molar-refractivity contribution in [3.63, 3.8) is 0 Å². The lowest BCUT2D eigenvalue weighted by molar-refractivity contribution is -0.127. The molecular weight excluding hydrogens is 262 g/mol. The summed E-state index contributed by atoms with van der Waals surface area (Å²) in [7, 11) is 1.59. The highest BCUT2D eigenvalue weighted by Crippen LogP contribution is 2.19. The van der Waals surface area contributed by atoms with Gasteiger partial charge in [-0.25, -0.2) is 4.79 Å². The number of hydrogen-bond donors (Lipinski definition) is 2. The molecule has 1 aromatic carbocycles. The number of carbonyl (C=O) groups excluding carboxylic acids is 1. The molecule has 2 N–H and O–H groups in total. The van der Waals surface area contributed by atoms with E-state index in [1.165, 1.54) is 12.1 Å². The Hall–Kier alpha value is -2.08. The van der Waals surface area contributed by atoms with Gasteiger partial charge in [0.15, 0.2) is 6.10 Å². The van der Waals surface area contributed by atoms with Crippen LogP contribution >= 0.6 is 0 Å². The lowest BCUT2D eigenvalue weighted by Gasteiger charge is -2.16. The minimum absolute atomic E-state index is 0.0338. The second kappa shape index (κ2) is 8.16. The number of ether oxygens (including phenoxy) is 2. The van der Waals surface area contributed by atoms with Crippen LogP contribution in [0.4, 0.5) is 0 Å². The van der Waals surface area contributed by atoms with E-state index >= 15 is 0 Å². The first-order valence-electron chi connectivity index (χ1n) is 6.32. The summed E-state index contributed by atoms with van der Waals surface area (Å²) in [6.07, 6.45) is -0.0567. The molecule has 0 aliphatic rings. The van der Waals surface area contributed by atoms with E-state index in [1.807, 2.05) is 0 Å². The Kier molecular flexibility index (Phi) is 6.52. The molecule has 0 aliphatic heterocycles. The first-order chi connectivity index (χ1) is 9.56. The first-order valence-corrected chi connectivity index (χ1v) is 6.32. The SMILES string of the molecule is COCCCNC(=O)C(C)Oc1ccccc1C(=O)O. The molecular formula is C14H19NO5. The van der Waals surface area contributed by atoms with Crippen molar-refractivity contribution in [2.24, 2.45) is 0 Å². The number of hydrogen-bond acceptors (Lipinski definition) is 4. The zero-order valence-corrected chi connectivity index (χ0v) is 11.6. The van der Waals surface area contributed by atoms with Crippen LogP contribution in [0.5, 0.6) is 5.75 Å². The standard InChI is InChI=1S/C14H19NO5/c1-10(13(16)15-8-5-9-19-2)20-12-7-4-3-6-11(12)14(17)18/h3-4,6-7,10H,5,8-9H2,1-2H3,(H,15,16)(H,17,18). The van der Waals surface area contributed by atoms with Gasteiger partial charge in [0, 0.05) is 20.3 Å². The van der Waals surface area contributed by atoms with E-state index in [0.29, 0.717) is 19.6 Å². The molecule has 6 heteroatoms. The predicted molar refractivity (Wildman–Crippen MR) is 73.0 cm³/mol. The van der Waals surface area contributed by atoms with Gasteiger partial charge in [0.1, 0.15) is 11.3 Å². The molecule has 1 rings (SSSR count). The quantitative estimate of drug-likeness (QED) is 0.702. The number of rotatable bonds is 8. The van der Waals surface area contributed by atoms with Crippen molar-refractivity contribution in [2.45, 2.75) is 19.4 Å². The molecule has 20 heavy (non-hydrogen) atoms. The van der Waals surface area contributed by atoms with Crippen LogP contribution < -0.4 is 10.1 Å². The molecule has 1 aromatic rings. The van der Waals surface area contributed by atoms with Crippen LogP contribution in [0.1, 0.15) is 23.7 Å². The number of amides is 1. The van der Waals surface area contributed by atoms with Gasteiger partial charge in [-0.15, -0.1) is 0 Å². The van der Waals surface area contributed by atoms with Crippen molar-refractivity contribution < 1.29 is 24.2 Å². The minimum atomic E-state index is -1.09. The van der Waals surface area contributed by atoms with Crippen LogP contribution in [0.15, 0.2) is 24.3 Å². The van der Waals surface area contributed by atoms with Crippen molar-refractivity contribution in [3.05, 3.63) is 29.8 Å². The van der Waals surface area contributed by atoms with Gasteiger partial charge in [-0.3, -0.25) is 4.79 Å². The molecule has 0 saturated heterocycles. The monoisotopic (exact) mass is 281 g/mol. The van der Waals surface area contributed by atoms with Gasteiger partial charge in [0.2, 0.25) is 0 Å². The third-order valence-corrected chi connectivity index (χ3v) is 2.61. The molecule has 0 aromatic heterocycles. The van der Waals surface area contributed by atoms with E-state index in [-0.39, 0.29) is 17.2 Å². The Balaban J connectivity index is 2.55. The van der Waals surface area contributed by atoms with Gasteiger partial charge in [-0.1, -0.05) is 12.1 Å². The Morgan fingerprint density at radius 3 is 2.70 bits per heavy atom. The molecule has 1 unspecified atom stereocenters. The van der Waals surface area contributed by atoms with Gasteiger partial charge in [-0.2, -0.15) is 0 Å². The predicted octanol–water partition coefficient (Wildman–Crippen LogP) is 1.30. The summed E-state index contributed by atoms with van der Waals surface area (Å²) in [5, 5.41) is 11.7. The molecule has 0 radical (unpaired) electrons. The highest BCUT2D eigenvalue weighted by atomic mass is 16.5. The number of methoxy groups -OCH3 is 1. The fraction of sp³-hybridized carbons (Fsp3) is 0.429. The Morgan fingerprint density at radius 1 is 1.35 bits per heavy atom. The normalized spacial score (nSPS) is 11.7. The average molecular weight is 281 g/mol. The molecule has 0 bridgehead atoms. The molecule has 0 aliphatic carbocycles. The van der Waals surface area contributed by atoms with Gasteiger partial charge >= 0.3 is 5.97 Å². The van der Waals surface area contributed by atoms with E-state index in [9.17, 15) is 9.59 Å². The molecule has 6 nitrogen and oxygen atoms in total. The van der Waals surface area contributed by atoms with Gasteiger partial charge < -0.3 is 19.9 Å². The van der Waals surface area contributed by atoms with Gasteiger partial charge in [-0.05, 0) is 25.5 Å². The zero-order valence-electron chi connectivity index (χ0n) is 11.6. The van der Waals surface area contributed by atoms with E-state index < -0.39 is 12.1 Å². The summed E-state index contributed by atoms with van der Waals surface area (Å²) in [4.78, 5) is 22.8. The van der Waals surface area contributed by atoms with E-state index in [2.05, 4.69) is 5.32 Å². The molecule has 110 valence electrons. The average Bonchev–Trinajstić information content (AvgIpc) is 2.43. The lowest BCUT2D eigenvalue weighted by atomic mass is 10.2. The number of aromatic carboxylic acids is 1. The largest absolute Gasteiger partial charge is 0.480 e. The Bertz CT molecular complexity index is 461. The van der Waals surface area contributed by atoms with Crippen LogP contribution in [-0.4, -0.2) is 43.3 Å². The minimum Gasteiger partial charge on any atom is -0.480 e. The van der Waals surface area contributed by atoms with Crippen LogP contribution in [0.2, 0.25) is 0 Å². The van der Waals surface area contributed by atoms with Crippen molar-refractivity contribution in [3.8, 4) is 5.75 Å². The summed E-state index contributed by atoms with van der Waals surface area (Å²) in [6, 6.07) is 6.22. The highest BCUT2D eigenvalue weighted by molar-refractivity contribution is 5.91. The Labute approximate surface area is 117 Å². The number of nitrogens with one attached hydrogen (secondary N) is 1. The van der Waals surface area contributed by atoms with E-state index in [4.69, 9.17) is 14.6 Å². The number of benzene rings is 1. The highest BCUT2D eigenvalue weighted by Gasteiger charge is 2.17. The summed E-state index contributed by atoms with van der Waals surface area (Å²) in [6.45, 7) is 2.63. The number of para-hydroxylation sites is 1. The number of carboxylic acid groups (broad SMARTS) is 1. The van der Waals surface area contributed by atoms with E-state index in [0.717, 1.165) is 0 Å². The number of carboxylic acids is 1. The summed E-state index contributed by atoms with van der Waals surface area (Å²) in [5.74, 6) is -1.20. The second-order valence-corrected chi connectivity index (χ2v) is 4.20. The van der Waals surface area contributed by atoms with Crippen molar-refractivity contribution in [1.29, 1.82) is 0 Å². The van der Waals surface area contributed by atoms with Crippen molar-refractivity contribution in [2.75, 3.05) is 20.3 Å². The summed E-state index contributed by atoms with van der Waals surface area (Å²) >= 11 is 0. The fourth-order valence-corrected chi connectivity index (χ4v) is 1.56. The van der Waals surface area contributed by atoms with E-state index in [1.54, 1.807) is 26.2 Å². The first kappa shape index (κ1) is 16.0. The third kappa shape index (κ3) is 4.89. The molecule has 1 atom stereocenters. The second-order valence-electron chi connectivity index (χ2n) is 4.20. The van der Waals surface area contributed by atoms with Crippen LogP contribution in [0.3, 0.4) is 0 Å². The summed E-state index contributed by atoms with van der Waals surface area (Å²) < 4.78 is 10.3. The van der Waals surface area contributed by atoms with Crippen LogP contribution in [-0.2, 0) is 9.53 Å². The Morgan fingerprint density at radius 2 is 2.05 bits per heavy atom. The molecule has 1 amide bonds. The fourth-order valence-electron chi connectivity index (χ4n) is 1.56. The summed E-state index contributed by atoms with van der Waals surface area (Å²) in [5.41, 5.74) is 0.0338. The van der Waals surface area contributed by atoms with Crippen LogP contribution in [0, 0.1) is 0 Å².